The van der Waals surface area contributed by atoms with Gasteiger partial charge in [0.1, 0.15) is 17.4 Å². The van der Waals surface area contributed by atoms with Crippen molar-refractivity contribution in [2.24, 2.45) is 0 Å². The van der Waals surface area contributed by atoms with Crippen LogP contribution in [-0.2, 0) is 16.0 Å². The van der Waals surface area contributed by atoms with Crippen molar-refractivity contribution in [3.8, 4) is 5.75 Å². The third kappa shape index (κ3) is 6.22. The molecular formula is C19H28N2O5. The Kier molecular flexibility index (Phi) is 6.47. The number of likely N-dealkylation sites (tertiary alicyclic amines) is 1. The Bertz CT molecular complexity index is 616. The Morgan fingerprint density at radius 2 is 1.81 bits per heavy atom. The summed E-state index contributed by atoms with van der Waals surface area (Å²) < 4.78 is 5.28. The number of phenols is 1. The van der Waals surface area contributed by atoms with Crippen molar-refractivity contribution in [3.05, 3.63) is 29.8 Å². The van der Waals surface area contributed by atoms with Gasteiger partial charge in [-0.15, -0.1) is 0 Å². The molecule has 7 nitrogen and oxygen atoms in total. The molecule has 0 spiro atoms. The number of nitrogens with zero attached hydrogens (tertiary/aromatic N) is 1. The fourth-order valence-electron chi connectivity index (χ4n) is 2.82. The van der Waals surface area contributed by atoms with Gasteiger partial charge in [-0.3, -0.25) is 4.79 Å². The van der Waals surface area contributed by atoms with E-state index >= 15 is 0 Å². The molecule has 1 heterocycles. The van der Waals surface area contributed by atoms with Gasteiger partial charge in [-0.05, 0) is 51.3 Å². The zero-order chi connectivity index (χ0) is 19.3. The number of rotatable bonds is 4. The summed E-state index contributed by atoms with van der Waals surface area (Å²) in [7, 11) is 0. The monoisotopic (exact) mass is 364 g/mol. The lowest BCUT2D eigenvalue weighted by molar-refractivity contribution is -0.135. The first-order valence-corrected chi connectivity index (χ1v) is 8.88. The Morgan fingerprint density at radius 1 is 1.23 bits per heavy atom. The molecule has 2 amide bonds. The van der Waals surface area contributed by atoms with Crippen LogP contribution in [0, 0.1) is 0 Å². The van der Waals surface area contributed by atoms with Crippen LogP contribution < -0.4 is 5.32 Å². The number of aliphatic hydroxyl groups excluding tert-OH is 1. The molecular weight excluding hydrogens is 336 g/mol. The number of amides is 2. The van der Waals surface area contributed by atoms with E-state index < -0.39 is 17.7 Å². The largest absolute Gasteiger partial charge is 0.508 e. The number of piperidine rings is 1. The van der Waals surface area contributed by atoms with Crippen molar-refractivity contribution in [2.45, 2.75) is 57.8 Å². The zero-order valence-corrected chi connectivity index (χ0v) is 15.6. The van der Waals surface area contributed by atoms with Gasteiger partial charge < -0.3 is 25.2 Å². The first kappa shape index (κ1) is 20.0. The number of aliphatic hydroxyl groups is 1. The van der Waals surface area contributed by atoms with Crippen LogP contribution in [0.15, 0.2) is 24.3 Å². The number of benzene rings is 1. The van der Waals surface area contributed by atoms with Crippen LogP contribution in [0.1, 0.15) is 39.2 Å². The summed E-state index contributed by atoms with van der Waals surface area (Å²) in [6.07, 6.45) is 0.325. The molecule has 1 atom stereocenters. The molecule has 1 fully saturated rings. The average Bonchev–Trinajstić information content (AvgIpc) is 2.54. The Hall–Kier alpha value is -2.28. The van der Waals surface area contributed by atoms with Crippen LogP contribution in [0.4, 0.5) is 4.79 Å². The molecule has 1 aliphatic heterocycles. The summed E-state index contributed by atoms with van der Waals surface area (Å²) in [6, 6.07) is 5.74. The number of hydrogen-bond donors (Lipinski definition) is 3. The van der Waals surface area contributed by atoms with Gasteiger partial charge in [-0.2, -0.15) is 0 Å². The van der Waals surface area contributed by atoms with Crippen molar-refractivity contribution >= 4 is 12.0 Å². The van der Waals surface area contributed by atoms with Gasteiger partial charge >= 0.3 is 6.09 Å². The molecule has 0 aromatic heterocycles. The number of nitrogens with one attached hydrogen (secondary N) is 1. The quantitative estimate of drug-likeness (QED) is 0.757. The van der Waals surface area contributed by atoms with Crippen LogP contribution in [0.25, 0.3) is 0 Å². The number of carbonyl (C=O) groups excluding carboxylic acids is 2. The van der Waals surface area contributed by atoms with E-state index in [0.717, 1.165) is 5.56 Å². The van der Waals surface area contributed by atoms with E-state index in [-0.39, 0.29) is 24.2 Å². The van der Waals surface area contributed by atoms with E-state index in [1.54, 1.807) is 49.9 Å². The Morgan fingerprint density at radius 3 is 2.35 bits per heavy atom. The van der Waals surface area contributed by atoms with Gasteiger partial charge in [-0.1, -0.05) is 12.1 Å². The molecule has 0 saturated carbocycles. The smallest absolute Gasteiger partial charge is 0.408 e. The lowest BCUT2D eigenvalue weighted by Gasteiger charge is -2.33. The summed E-state index contributed by atoms with van der Waals surface area (Å²) in [5.41, 5.74) is 0.153. The molecule has 0 aliphatic carbocycles. The third-order valence-electron chi connectivity index (χ3n) is 4.14. The minimum absolute atomic E-state index is 0.141. The van der Waals surface area contributed by atoms with Crippen molar-refractivity contribution < 1.29 is 24.5 Å². The fraction of sp³-hybridized carbons (Fsp3) is 0.579. The number of alkyl carbamates (subject to hydrolysis) is 1. The van der Waals surface area contributed by atoms with Crippen molar-refractivity contribution in [2.75, 3.05) is 13.1 Å². The number of ether oxygens (including phenoxy) is 1. The average molecular weight is 364 g/mol. The fourth-order valence-corrected chi connectivity index (χ4v) is 2.82. The van der Waals surface area contributed by atoms with Gasteiger partial charge in [0.2, 0.25) is 5.91 Å². The maximum atomic E-state index is 12.9. The number of phenolic OH excluding ortho intramolecular Hbond substituents is 1. The van der Waals surface area contributed by atoms with Crippen LogP contribution >= 0.6 is 0 Å². The molecule has 3 N–H and O–H groups in total. The molecule has 1 saturated heterocycles. The Labute approximate surface area is 154 Å². The second-order valence-electron chi connectivity index (χ2n) is 7.63. The molecule has 2 rings (SSSR count). The first-order chi connectivity index (χ1) is 12.1. The molecule has 0 bridgehead atoms. The number of aromatic hydroxyl groups is 1. The molecule has 144 valence electrons. The summed E-state index contributed by atoms with van der Waals surface area (Å²) >= 11 is 0. The van der Waals surface area contributed by atoms with Gasteiger partial charge in [0, 0.05) is 19.5 Å². The zero-order valence-electron chi connectivity index (χ0n) is 15.6. The summed E-state index contributed by atoms with van der Waals surface area (Å²) in [6.45, 7) is 6.20. The summed E-state index contributed by atoms with van der Waals surface area (Å²) in [5, 5.41) is 21.7. The maximum absolute atomic E-state index is 12.9. The molecule has 0 unspecified atom stereocenters. The highest BCUT2D eigenvalue weighted by molar-refractivity contribution is 5.86. The minimum Gasteiger partial charge on any atom is -0.508 e. The third-order valence-corrected chi connectivity index (χ3v) is 4.14. The highest BCUT2D eigenvalue weighted by atomic mass is 16.6. The van der Waals surface area contributed by atoms with Crippen molar-refractivity contribution in [1.82, 2.24) is 10.2 Å². The highest BCUT2D eigenvalue weighted by Crippen LogP contribution is 2.16. The highest BCUT2D eigenvalue weighted by Gasteiger charge is 2.30. The van der Waals surface area contributed by atoms with E-state index in [4.69, 9.17) is 4.74 Å². The maximum Gasteiger partial charge on any atom is 0.408 e. The number of carbonyl (C=O) groups is 2. The second kappa shape index (κ2) is 8.40. The van der Waals surface area contributed by atoms with Gasteiger partial charge in [0.05, 0.1) is 6.10 Å². The molecule has 26 heavy (non-hydrogen) atoms. The van der Waals surface area contributed by atoms with Gasteiger partial charge in [0.15, 0.2) is 0 Å². The molecule has 7 heteroatoms. The van der Waals surface area contributed by atoms with Crippen LogP contribution in [0.3, 0.4) is 0 Å². The SMILES string of the molecule is CC(C)(C)OC(=O)N[C@@H](Cc1ccc(O)cc1)C(=O)N1CCC(O)CC1. The normalized spacial score (nSPS) is 16.8. The predicted molar refractivity (Wildman–Crippen MR) is 96.8 cm³/mol. The second-order valence-corrected chi connectivity index (χ2v) is 7.63. The summed E-state index contributed by atoms with van der Waals surface area (Å²) in [5.74, 6) is -0.0578. The van der Waals surface area contributed by atoms with E-state index in [1.165, 1.54) is 0 Å². The molecule has 0 radical (unpaired) electrons. The van der Waals surface area contributed by atoms with Crippen molar-refractivity contribution in [1.29, 1.82) is 0 Å². The lowest BCUT2D eigenvalue weighted by atomic mass is 10.0. The predicted octanol–water partition coefficient (Wildman–Crippen LogP) is 1.81. The van der Waals surface area contributed by atoms with Crippen LogP contribution in [0.5, 0.6) is 5.75 Å². The van der Waals surface area contributed by atoms with E-state index in [1.807, 2.05) is 0 Å². The minimum atomic E-state index is -0.773. The summed E-state index contributed by atoms with van der Waals surface area (Å²) in [4.78, 5) is 26.7. The lowest BCUT2D eigenvalue weighted by Crippen LogP contribution is -2.52. The topological polar surface area (TPSA) is 99.1 Å². The number of hydrogen-bond acceptors (Lipinski definition) is 5. The van der Waals surface area contributed by atoms with Gasteiger partial charge in [0.25, 0.3) is 0 Å². The molecule has 1 aliphatic rings. The van der Waals surface area contributed by atoms with E-state index in [2.05, 4.69) is 5.32 Å². The molecule has 1 aromatic rings. The van der Waals surface area contributed by atoms with Gasteiger partial charge in [-0.25, -0.2) is 4.79 Å². The van der Waals surface area contributed by atoms with E-state index in [0.29, 0.717) is 25.9 Å². The molecule has 1 aromatic carbocycles. The van der Waals surface area contributed by atoms with Crippen LogP contribution in [0.2, 0.25) is 0 Å². The first-order valence-electron chi connectivity index (χ1n) is 8.88. The van der Waals surface area contributed by atoms with Crippen molar-refractivity contribution in [3.63, 3.8) is 0 Å². The van der Waals surface area contributed by atoms with Crippen LogP contribution in [-0.4, -0.2) is 57.9 Å². The Balaban J connectivity index is 2.10. The standard InChI is InChI=1S/C19H28N2O5/c1-19(2,3)26-18(25)20-16(12-13-4-6-14(22)7-5-13)17(24)21-10-8-15(23)9-11-21/h4-7,15-16,22-23H,8-12H2,1-3H3,(H,20,25)/t16-/m0/s1. The van der Waals surface area contributed by atoms with E-state index in [9.17, 15) is 19.8 Å².